The summed E-state index contributed by atoms with van der Waals surface area (Å²) in [5, 5.41) is 8.23. The monoisotopic (exact) mass is 255 g/mol. The van der Waals surface area contributed by atoms with Gasteiger partial charge in [0.05, 0.1) is 0 Å². The molecule has 1 N–H and O–H groups in total. The van der Waals surface area contributed by atoms with Crippen LogP contribution in [0.2, 0.25) is 0 Å². The molecule has 2 unspecified atom stereocenters. The molecule has 0 radical (unpaired) electrons. The molecule has 0 bridgehead atoms. The van der Waals surface area contributed by atoms with Crippen LogP contribution in [0.15, 0.2) is 16.8 Å². The molecule has 1 aromatic heterocycles. The second-order valence-electron chi connectivity index (χ2n) is 4.52. The molecule has 0 amide bonds. The van der Waals surface area contributed by atoms with Gasteiger partial charge in [0.25, 0.3) is 0 Å². The van der Waals surface area contributed by atoms with Gasteiger partial charge in [0.1, 0.15) is 0 Å². The lowest BCUT2D eigenvalue weighted by Gasteiger charge is -2.24. The van der Waals surface area contributed by atoms with E-state index >= 15 is 0 Å². The summed E-state index contributed by atoms with van der Waals surface area (Å²) in [7, 11) is 0. The molecule has 90 valence electrons. The Morgan fingerprint density at radius 3 is 3.12 bits per heavy atom. The SMILES string of the molecule is CCCNC(Cc1ccsc1)C1CCSC1. The second kappa shape index (κ2) is 6.67. The van der Waals surface area contributed by atoms with Crippen molar-refractivity contribution < 1.29 is 0 Å². The van der Waals surface area contributed by atoms with E-state index in [9.17, 15) is 0 Å². The molecule has 2 rings (SSSR count). The van der Waals surface area contributed by atoms with E-state index in [2.05, 4.69) is 40.8 Å². The molecule has 1 aromatic rings. The molecule has 1 aliphatic heterocycles. The molecule has 0 aromatic carbocycles. The van der Waals surface area contributed by atoms with E-state index in [1.165, 1.54) is 36.3 Å². The molecule has 1 aliphatic rings. The highest BCUT2D eigenvalue weighted by atomic mass is 32.2. The number of hydrogen-bond acceptors (Lipinski definition) is 3. The first kappa shape index (κ1) is 12.5. The van der Waals surface area contributed by atoms with E-state index in [0.717, 1.165) is 12.5 Å². The van der Waals surface area contributed by atoms with Gasteiger partial charge in [0.15, 0.2) is 0 Å². The summed E-state index contributed by atoms with van der Waals surface area (Å²) in [6.07, 6.45) is 3.85. The molecule has 2 heterocycles. The van der Waals surface area contributed by atoms with Crippen molar-refractivity contribution in [2.75, 3.05) is 18.1 Å². The Hall–Kier alpha value is 0.01000. The summed E-state index contributed by atoms with van der Waals surface area (Å²) in [6, 6.07) is 2.97. The van der Waals surface area contributed by atoms with Crippen molar-refractivity contribution in [1.29, 1.82) is 0 Å². The quantitative estimate of drug-likeness (QED) is 0.836. The van der Waals surface area contributed by atoms with Crippen LogP contribution in [0.1, 0.15) is 25.3 Å². The van der Waals surface area contributed by atoms with E-state index in [-0.39, 0.29) is 0 Å². The summed E-state index contributed by atoms with van der Waals surface area (Å²) in [6.45, 7) is 3.41. The first-order valence-corrected chi connectivity index (χ1v) is 8.32. The molecule has 1 saturated heterocycles. The lowest BCUT2D eigenvalue weighted by molar-refractivity contribution is 0.380. The molecular formula is C13H21NS2. The van der Waals surface area contributed by atoms with Crippen molar-refractivity contribution in [2.45, 2.75) is 32.2 Å². The maximum atomic E-state index is 3.74. The number of nitrogens with one attached hydrogen (secondary N) is 1. The van der Waals surface area contributed by atoms with Crippen LogP contribution < -0.4 is 5.32 Å². The van der Waals surface area contributed by atoms with Crippen molar-refractivity contribution in [3.63, 3.8) is 0 Å². The molecule has 1 nitrogen and oxygen atoms in total. The molecule has 2 atom stereocenters. The molecule has 3 heteroatoms. The van der Waals surface area contributed by atoms with E-state index in [0.29, 0.717) is 6.04 Å². The molecule has 16 heavy (non-hydrogen) atoms. The molecule has 0 aliphatic carbocycles. The number of hydrogen-bond donors (Lipinski definition) is 1. The smallest absolute Gasteiger partial charge is 0.0144 e. The fourth-order valence-corrected chi connectivity index (χ4v) is 4.29. The highest BCUT2D eigenvalue weighted by Crippen LogP contribution is 2.28. The van der Waals surface area contributed by atoms with Crippen molar-refractivity contribution >= 4 is 23.1 Å². The van der Waals surface area contributed by atoms with Crippen LogP contribution >= 0.6 is 23.1 Å². The maximum Gasteiger partial charge on any atom is 0.0144 e. The van der Waals surface area contributed by atoms with Gasteiger partial charge in [-0.2, -0.15) is 23.1 Å². The zero-order chi connectivity index (χ0) is 11.2. The summed E-state index contributed by atoms with van der Waals surface area (Å²) < 4.78 is 0. The van der Waals surface area contributed by atoms with E-state index in [4.69, 9.17) is 0 Å². The Bertz CT molecular complexity index is 278. The highest BCUT2D eigenvalue weighted by Gasteiger charge is 2.24. The molecule has 1 fully saturated rings. The van der Waals surface area contributed by atoms with Gasteiger partial charge in [-0.3, -0.25) is 0 Å². The first-order valence-electron chi connectivity index (χ1n) is 6.22. The third kappa shape index (κ3) is 3.51. The number of rotatable bonds is 6. The summed E-state index contributed by atoms with van der Waals surface area (Å²) in [5.41, 5.74) is 1.51. The molecule has 0 spiro atoms. The Labute approximate surface area is 107 Å². The van der Waals surface area contributed by atoms with Gasteiger partial charge in [-0.15, -0.1) is 0 Å². The third-order valence-corrected chi connectivity index (χ3v) is 5.15. The normalized spacial score (nSPS) is 22.4. The van der Waals surface area contributed by atoms with E-state index in [1.807, 2.05) is 11.3 Å². The Morgan fingerprint density at radius 1 is 1.56 bits per heavy atom. The number of thioether (sulfide) groups is 1. The zero-order valence-electron chi connectivity index (χ0n) is 9.95. The van der Waals surface area contributed by atoms with Gasteiger partial charge in [-0.25, -0.2) is 0 Å². The molecular weight excluding hydrogens is 234 g/mol. The standard InChI is InChI=1S/C13H21NS2/c1-2-5-14-13(12-4-7-16-10-12)8-11-3-6-15-9-11/h3,6,9,12-14H,2,4-5,7-8,10H2,1H3. The predicted molar refractivity (Wildman–Crippen MR) is 75.5 cm³/mol. The van der Waals surface area contributed by atoms with Crippen molar-refractivity contribution in [2.24, 2.45) is 5.92 Å². The third-order valence-electron chi connectivity index (χ3n) is 3.23. The summed E-state index contributed by atoms with van der Waals surface area (Å²) >= 11 is 3.93. The van der Waals surface area contributed by atoms with Gasteiger partial charge in [0.2, 0.25) is 0 Å². The average Bonchev–Trinajstić information content (AvgIpc) is 2.96. The van der Waals surface area contributed by atoms with Gasteiger partial charge in [0, 0.05) is 6.04 Å². The minimum Gasteiger partial charge on any atom is -0.313 e. The van der Waals surface area contributed by atoms with Crippen molar-refractivity contribution in [3.8, 4) is 0 Å². The van der Waals surface area contributed by atoms with Crippen molar-refractivity contribution in [3.05, 3.63) is 22.4 Å². The Morgan fingerprint density at radius 2 is 2.50 bits per heavy atom. The zero-order valence-corrected chi connectivity index (χ0v) is 11.6. The summed E-state index contributed by atoms with van der Waals surface area (Å²) in [4.78, 5) is 0. The second-order valence-corrected chi connectivity index (χ2v) is 6.45. The van der Waals surface area contributed by atoms with E-state index < -0.39 is 0 Å². The van der Waals surface area contributed by atoms with Gasteiger partial charge in [-0.05, 0) is 65.6 Å². The fraction of sp³-hybridized carbons (Fsp3) is 0.692. The number of thiophene rings is 1. The van der Waals surface area contributed by atoms with Crippen LogP contribution in [-0.4, -0.2) is 24.1 Å². The minimum atomic E-state index is 0.699. The van der Waals surface area contributed by atoms with Crippen molar-refractivity contribution in [1.82, 2.24) is 5.32 Å². The Balaban J connectivity index is 1.90. The molecule has 0 saturated carbocycles. The maximum absolute atomic E-state index is 3.74. The van der Waals surface area contributed by atoms with Crippen LogP contribution in [0.25, 0.3) is 0 Å². The van der Waals surface area contributed by atoms with Gasteiger partial charge in [-0.1, -0.05) is 6.92 Å². The topological polar surface area (TPSA) is 12.0 Å². The lowest BCUT2D eigenvalue weighted by atomic mass is 9.94. The van der Waals surface area contributed by atoms with Crippen LogP contribution in [0.3, 0.4) is 0 Å². The lowest BCUT2D eigenvalue weighted by Crippen LogP contribution is -2.38. The van der Waals surface area contributed by atoms with Gasteiger partial charge >= 0.3 is 0 Å². The van der Waals surface area contributed by atoms with Gasteiger partial charge < -0.3 is 5.32 Å². The van der Waals surface area contributed by atoms with Crippen LogP contribution in [0.4, 0.5) is 0 Å². The summed E-state index contributed by atoms with van der Waals surface area (Å²) in [5.74, 6) is 3.60. The minimum absolute atomic E-state index is 0.699. The van der Waals surface area contributed by atoms with E-state index in [1.54, 1.807) is 0 Å². The average molecular weight is 255 g/mol. The predicted octanol–water partition coefficient (Wildman–Crippen LogP) is 3.41. The Kier molecular flexibility index (Phi) is 5.20. The van der Waals surface area contributed by atoms with Crippen LogP contribution in [0, 0.1) is 5.92 Å². The highest BCUT2D eigenvalue weighted by molar-refractivity contribution is 7.99. The largest absolute Gasteiger partial charge is 0.313 e. The fourth-order valence-electron chi connectivity index (χ4n) is 2.27. The first-order chi connectivity index (χ1) is 7.90. The van der Waals surface area contributed by atoms with Crippen LogP contribution in [0.5, 0.6) is 0 Å². The van der Waals surface area contributed by atoms with Crippen LogP contribution in [-0.2, 0) is 6.42 Å².